The highest BCUT2D eigenvalue weighted by atomic mass is 16.5. The van der Waals surface area contributed by atoms with E-state index < -0.39 is 0 Å². The number of carbonyl (C=O) groups is 1. The van der Waals surface area contributed by atoms with Gasteiger partial charge >= 0.3 is 0 Å². The van der Waals surface area contributed by atoms with Gasteiger partial charge in [0.25, 0.3) is 5.91 Å². The van der Waals surface area contributed by atoms with Crippen LogP contribution in [0.25, 0.3) is 0 Å². The van der Waals surface area contributed by atoms with Crippen LogP contribution in [0.4, 0.5) is 5.69 Å². The molecule has 12 heteroatoms. The number of aromatic nitrogens is 4. The van der Waals surface area contributed by atoms with Crippen LogP contribution in [0, 0.1) is 11.3 Å². The van der Waals surface area contributed by atoms with Crippen molar-refractivity contribution in [1.29, 1.82) is 5.26 Å². The number of hydrazone groups is 2. The molecule has 1 amide bonds. The highest BCUT2D eigenvalue weighted by Gasteiger charge is 2.21. The van der Waals surface area contributed by atoms with Crippen molar-refractivity contribution in [3.8, 4) is 17.6 Å². The molecule has 4 rings (SSSR count). The molecule has 0 spiro atoms. The fourth-order valence-corrected chi connectivity index (χ4v) is 3.52. The normalized spacial score (nSPS) is 13.5. The van der Waals surface area contributed by atoms with E-state index in [-0.39, 0.29) is 17.4 Å². The number of benzene rings is 2. The van der Waals surface area contributed by atoms with Crippen molar-refractivity contribution in [2.24, 2.45) is 10.2 Å². The number of anilines is 1. The van der Waals surface area contributed by atoms with Crippen LogP contribution >= 0.6 is 0 Å². The first-order valence-corrected chi connectivity index (χ1v) is 11.4. The van der Waals surface area contributed by atoms with Gasteiger partial charge in [-0.25, -0.2) is 5.01 Å². The standard InChI is InChI=1S/C24H25N9O3/c1-3-13-36-22-14-17(8-11-21(22)35-2)19-5-4-12-33(30-19)24(34)16-6-9-18(10-7-16)26-27-20(15-25)23-28-31-32-29-23/h6-11,14,26H,3-5,12-13H2,1-2H3,(H,28,29,31,32)/b27-20-. The third kappa shape index (κ3) is 5.64. The third-order valence-electron chi connectivity index (χ3n) is 5.31. The zero-order chi connectivity index (χ0) is 25.3. The Bertz CT molecular complexity index is 1300. The van der Waals surface area contributed by atoms with E-state index in [2.05, 4.69) is 36.3 Å². The number of nitriles is 1. The Morgan fingerprint density at radius 1 is 1.25 bits per heavy atom. The van der Waals surface area contributed by atoms with Crippen molar-refractivity contribution in [2.45, 2.75) is 26.2 Å². The Kier molecular flexibility index (Phi) is 7.82. The summed E-state index contributed by atoms with van der Waals surface area (Å²) < 4.78 is 11.2. The van der Waals surface area contributed by atoms with Crippen LogP contribution < -0.4 is 14.9 Å². The SMILES string of the molecule is CCCOc1cc(C2=NN(C(=O)c3ccc(N/N=C(/C#N)c4nn[nH]n4)cc3)CCC2)ccc1OC. The smallest absolute Gasteiger partial charge is 0.273 e. The van der Waals surface area contributed by atoms with Crippen LogP contribution in [0.15, 0.2) is 52.7 Å². The Morgan fingerprint density at radius 3 is 2.78 bits per heavy atom. The maximum Gasteiger partial charge on any atom is 0.273 e. The number of amides is 1. The largest absolute Gasteiger partial charge is 0.493 e. The molecule has 12 nitrogen and oxygen atoms in total. The van der Waals surface area contributed by atoms with Gasteiger partial charge in [0.05, 0.1) is 25.1 Å². The molecule has 1 aliphatic rings. The zero-order valence-corrected chi connectivity index (χ0v) is 19.9. The lowest BCUT2D eigenvalue weighted by Gasteiger charge is -2.24. The number of nitrogens with zero attached hydrogens (tertiary/aromatic N) is 7. The van der Waals surface area contributed by atoms with Crippen molar-refractivity contribution in [3.05, 3.63) is 59.4 Å². The molecule has 1 aromatic heterocycles. The maximum absolute atomic E-state index is 13.1. The Labute approximate surface area is 207 Å². The van der Waals surface area contributed by atoms with Gasteiger partial charge in [-0.15, -0.1) is 10.2 Å². The molecule has 0 bridgehead atoms. The number of hydrogen-bond acceptors (Lipinski definition) is 10. The topological polar surface area (TPSA) is 154 Å². The molecule has 2 aromatic carbocycles. The molecule has 0 radical (unpaired) electrons. The molecule has 0 atom stereocenters. The summed E-state index contributed by atoms with van der Waals surface area (Å²) in [6.07, 6.45) is 2.43. The average Bonchev–Trinajstić information content (AvgIpc) is 3.47. The van der Waals surface area contributed by atoms with E-state index in [0.29, 0.717) is 35.9 Å². The lowest BCUT2D eigenvalue weighted by atomic mass is 10.0. The number of tetrazole rings is 1. The summed E-state index contributed by atoms with van der Waals surface area (Å²) in [5.74, 6) is 1.19. The highest BCUT2D eigenvalue weighted by molar-refractivity contribution is 6.09. The molecule has 2 heterocycles. The second-order valence-electron chi connectivity index (χ2n) is 7.79. The predicted molar refractivity (Wildman–Crippen MR) is 132 cm³/mol. The minimum Gasteiger partial charge on any atom is -0.493 e. The van der Waals surface area contributed by atoms with Crippen LogP contribution in [-0.2, 0) is 0 Å². The first-order valence-electron chi connectivity index (χ1n) is 11.4. The van der Waals surface area contributed by atoms with Crippen LogP contribution in [0.2, 0.25) is 0 Å². The van der Waals surface area contributed by atoms with Gasteiger partial charge in [0.15, 0.2) is 11.5 Å². The van der Waals surface area contributed by atoms with Gasteiger partial charge in [0.1, 0.15) is 6.07 Å². The first-order chi connectivity index (χ1) is 17.6. The summed E-state index contributed by atoms with van der Waals surface area (Å²) in [4.78, 5) is 13.1. The molecule has 0 saturated heterocycles. The highest BCUT2D eigenvalue weighted by Crippen LogP contribution is 2.30. The summed E-state index contributed by atoms with van der Waals surface area (Å²) in [6, 6.07) is 14.3. The summed E-state index contributed by atoms with van der Waals surface area (Å²) in [6.45, 7) is 3.15. The molecule has 1 aliphatic heterocycles. The maximum atomic E-state index is 13.1. The van der Waals surface area contributed by atoms with Gasteiger partial charge in [0, 0.05) is 17.7 Å². The van der Waals surface area contributed by atoms with E-state index >= 15 is 0 Å². The molecular weight excluding hydrogens is 462 g/mol. The van der Waals surface area contributed by atoms with Crippen LogP contribution in [0.1, 0.15) is 47.9 Å². The Hall–Kier alpha value is -4.79. The van der Waals surface area contributed by atoms with Gasteiger partial charge in [-0.3, -0.25) is 10.2 Å². The third-order valence-corrected chi connectivity index (χ3v) is 5.31. The number of aromatic amines is 1. The van der Waals surface area contributed by atoms with E-state index in [0.717, 1.165) is 30.5 Å². The molecule has 0 unspecified atom stereocenters. The number of hydrogen-bond donors (Lipinski definition) is 2. The molecular formula is C24H25N9O3. The molecule has 0 aliphatic carbocycles. The molecule has 2 N–H and O–H groups in total. The number of nitrogens with one attached hydrogen (secondary N) is 2. The van der Waals surface area contributed by atoms with Gasteiger partial charge < -0.3 is 9.47 Å². The van der Waals surface area contributed by atoms with E-state index in [1.165, 1.54) is 5.01 Å². The summed E-state index contributed by atoms with van der Waals surface area (Å²) in [5, 5.41) is 32.4. The van der Waals surface area contributed by atoms with Gasteiger partial charge in [-0.05, 0) is 66.9 Å². The second-order valence-corrected chi connectivity index (χ2v) is 7.79. The summed E-state index contributed by atoms with van der Waals surface area (Å²) in [5.41, 5.74) is 5.51. The van der Waals surface area contributed by atoms with Crippen molar-refractivity contribution >= 4 is 23.0 Å². The van der Waals surface area contributed by atoms with E-state index in [4.69, 9.17) is 9.47 Å². The van der Waals surface area contributed by atoms with Gasteiger partial charge in [-0.2, -0.15) is 20.7 Å². The minimum atomic E-state index is -0.206. The van der Waals surface area contributed by atoms with Crippen LogP contribution in [-0.4, -0.2) is 63.2 Å². The summed E-state index contributed by atoms with van der Waals surface area (Å²) >= 11 is 0. The number of rotatable bonds is 9. The van der Waals surface area contributed by atoms with Gasteiger partial charge in [-0.1, -0.05) is 6.92 Å². The fourth-order valence-electron chi connectivity index (χ4n) is 3.52. The molecule has 3 aromatic rings. The first kappa shape index (κ1) is 24.3. The van der Waals surface area contributed by atoms with Gasteiger partial charge in [0.2, 0.25) is 11.5 Å². The van der Waals surface area contributed by atoms with E-state index in [1.54, 1.807) is 31.4 Å². The Balaban J connectivity index is 1.47. The number of carbonyl (C=O) groups excluding carboxylic acids is 1. The van der Waals surface area contributed by atoms with E-state index in [1.807, 2.05) is 31.2 Å². The van der Waals surface area contributed by atoms with Crippen LogP contribution in [0.5, 0.6) is 11.5 Å². The molecule has 0 saturated carbocycles. The van der Waals surface area contributed by atoms with Crippen molar-refractivity contribution < 1.29 is 14.3 Å². The second kappa shape index (κ2) is 11.6. The number of methoxy groups -OCH3 is 1. The average molecular weight is 488 g/mol. The molecule has 184 valence electrons. The predicted octanol–water partition coefficient (Wildman–Crippen LogP) is 2.98. The zero-order valence-electron chi connectivity index (χ0n) is 19.9. The monoisotopic (exact) mass is 487 g/mol. The van der Waals surface area contributed by atoms with E-state index in [9.17, 15) is 10.1 Å². The Morgan fingerprint density at radius 2 is 2.08 bits per heavy atom. The van der Waals surface area contributed by atoms with Crippen molar-refractivity contribution in [1.82, 2.24) is 25.6 Å². The van der Waals surface area contributed by atoms with Crippen molar-refractivity contribution in [3.63, 3.8) is 0 Å². The fraction of sp³-hybridized carbons (Fsp3) is 0.292. The number of ether oxygens (including phenoxy) is 2. The minimum absolute atomic E-state index is 0.0270. The quantitative estimate of drug-likeness (QED) is 0.345. The summed E-state index contributed by atoms with van der Waals surface area (Å²) in [7, 11) is 1.61. The molecule has 36 heavy (non-hydrogen) atoms. The van der Waals surface area contributed by atoms with Crippen molar-refractivity contribution in [2.75, 3.05) is 25.7 Å². The molecule has 0 fully saturated rings. The van der Waals surface area contributed by atoms with Crippen LogP contribution in [0.3, 0.4) is 0 Å². The number of H-pyrrole nitrogens is 1. The lowest BCUT2D eigenvalue weighted by molar-refractivity contribution is 0.0751. The lowest BCUT2D eigenvalue weighted by Crippen LogP contribution is -2.32.